The predicted octanol–water partition coefficient (Wildman–Crippen LogP) is 4.41. The zero-order valence-corrected chi connectivity index (χ0v) is 12.4. The van der Waals surface area contributed by atoms with Crippen molar-refractivity contribution in [2.45, 2.75) is 6.42 Å². The maximum absolute atomic E-state index is 12.3. The summed E-state index contributed by atoms with van der Waals surface area (Å²) in [6.07, 6.45) is 1.13. The van der Waals surface area contributed by atoms with Gasteiger partial charge in [0, 0.05) is 17.8 Å². The van der Waals surface area contributed by atoms with Gasteiger partial charge in [0.25, 0.3) is 5.91 Å². The normalized spacial score (nSPS) is 14.2. The summed E-state index contributed by atoms with van der Waals surface area (Å²) in [5, 5.41) is 1.16. The van der Waals surface area contributed by atoms with Gasteiger partial charge in [-0.05, 0) is 41.1 Å². The lowest BCUT2D eigenvalue weighted by Crippen LogP contribution is -2.41. The highest BCUT2D eigenvalue weighted by Gasteiger charge is 2.23. The zero-order chi connectivity index (χ0) is 14.2. The number of thiophene rings is 1. The van der Waals surface area contributed by atoms with Gasteiger partial charge >= 0.3 is 0 Å². The van der Waals surface area contributed by atoms with E-state index in [1.54, 1.807) is 11.3 Å². The van der Waals surface area contributed by atoms with Crippen LogP contribution in [0.15, 0.2) is 54.6 Å². The molecule has 1 aliphatic heterocycles. The molecule has 0 unspecified atom stereocenters. The first-order chi connectivity index (χ1) is 10.3. The topological polar surface area (TPSA) is 20.3 Å². The molecule has 4 rings (SSSR count). The molecule has 0 radical (unpaired) electrons. The molecule has 0 atom stereocenters. The monoisotopic (exact) mass is 293 g/mol. The van der Waals surface area contributed by atoms with Crippen LogP contribution in [0.25, 0.3) is 21.2 Å². The Morgan fingerprint density at radius 2 is 1.76 bits per heavy atom. The molecule has 104 valence electrons. The van der Waals surface area contributed by atoms with E-state index >= 15 is 0 Å². The van der Waals surface area contributed by atoms with Gasteiger partial charge in [-0.25, -0.2) is 0 Å². The first-order valence-corrected chi connectivity index (χ1v) is 8.01. The Bertz CT molecular complexity index is 802. The number of hydrogen-bond donors (Lipinski definition) is 0. The van der Waals surface area contributed by atoms with Crippen LogP contribution in [0.4, 0.5) is 0 Å². The summed E-state index contributed by atoms with van der Waals surface area (Å²) in [6, 6.07) is 18.8. The molecule has 2 aromatic carbocycles. The Labute approximate surface area is 127 Å². The Hall–Kier alpha value is -2.13. The number of amides is 1. The number of hydrogen-bond acceptors (Lipinski definition) is 2. The highest BCUT2D eigenvalue weighted by Crippen LogP contribution is 2.31. The van der Waals surface area contributed by atoms with E-state index in [0.29, 0.717) is 0 Å². The average molecular weight is 293 g/mol. The van der Waals surface area contributed by atoms with Crippen molar-refractivity contribution < 1.29 is 4.79 Å². The molecule has 0 aliphatic carbocycles. The van der Waals surface area contributed by atoms with Crippen LogP contribution in [-0.2, 0) is 0 Å². The molecule has 2 nitrogen and oxygen atoms in total. The van der Waals surface area contributed by atoms with Crippen LogP contribution in [0.1, 0.15) is 16.1 Å². The van der Waals surface area contributed by atoms with Gasteiger partial charge in [0.15, 0.2) is 0 Å². The van der Waals surface area contributed by atoms with E-state index in [9.17, 15) is 4.79 Å². The van der Waals surface area contributed by atoms with Crippen molar-refractivity contribution in [3.8, 4) is 11.1 Å². The quantitative estimate of drug-likeness (QED) is 0.685. The van der Waals surface area contributed by atoms with Gasteiger partial charge in [0.1, 0.15) is 0 Å². The average Bonchev–Trinajstić information content (AvgIpc) is 2.89. The number of rotatable bonds is 2. The second-order valence-corrected chi connectivity index (χ2v) is 6.46. The van der Waals surface area contributed by atoms with Gasteiger partial charge in [-0.2, -0.15) is 0 Å². The predicted molar refractivity (Wildman–Crippen MR) is 87.8 cm³/mol. The van der Waals surface area contributed by atoms with E-state index in [1.165, 1.54) is 15.8 Å². The minimum absolute atomic E-state index is 0.184. The van der Waals surface area contributed by atoms with Crippen molar-refractivity contribution in [1.82, 2.24) is 4.90 Å². The third kappa shape index (κ3) is 2.24. The van der Waals surface area contributed by atoms with Crippen LogP contribution < -0.4 is 0 Å². The maximum Gasteiger partial charge on any atom is 0.263 e. The number of carbonyl (C=O) groups is 1. The fraction of sp³-hybridized carbons (Fsp3) is 0.167. The number of benzene rings is 2. The van der Waals surface area contributed by atoms with Crippen LogP contribution >= 0.6 is 11.3 Å². The fourth-order valence-corrected chi connectivity index (χ4v) is 3.65. The second-order valence-electron chi connectivity index (χ2n) is 5.38. The number of fused-ring (bicyclic) bond motifs is 1. The van der Waals surface area contributed by atoms with Crippen LogP contribution in [-0.4, -0.2) is 23.9 Å². The minimum Gasteiger partial charge on any atom is -0.338 e. The summed E-state index contributed by atoms with van der Waals surface area (Å²) in [5.74, 6) is 0.184. The lowest BCUT2D eigenvalue weighted by atomic mass is 10.0. The molecule has 0 bridgehead atoms. The molecule has 1 amide bonds. The minimum atomic E-state index is 0.184. The van der Waals surface area contributed by atoms with E-state index in [-0.39, 0.29) is 5.91 Å². The SMILES string of the molecule is O=C(c1cc2cc(-c3ccccc3)ccc2s1)N1CCC1. The smallest absolute Gasteiger partial charge is 0.263 e. The maximum atomic E-state index is 12.3. The van der Waals surface area contributed by atoms with Gasteiger partial charge < -0.3 is 4.90 Å². The number of carbonyl (C=O) groups excluding carboxylic acids is 1. The van der Waals surface area contributed by atoms with E-state index in [1.807, 2.05) is 29.2 Å². The lowest BCUT2D eigenvalue weighted by Gasteiger charge is -2.30. The molecule has 21 heavy (non-hydrogen) atoms. The molecule has 2 heterocycles. The first-order valence-electron chi connectivity index (χ1n) is 7.19. The summed E-state index contributed by atoms with van der Waals surface area (Å²) in [7, 11) is 0. The van der Waals surface area contributed by atoms with E-state index in [4.69, 9.17) is 0 Å². The fourth-order valence-electron chi connectivity index (χ4n) is 2.63. The molecule has 1 aliphatic rings. The lowest BCUT2D eigenvalue weighted by molar-refractivity contribution is 0.0657. The van der Waals surface area contributed by atoms with Crippen LogP contribution in [0.3, 0.4) is 0 Å². The molecule has 0 spiro atoms. The molecule has 0 N–H and O–H groups in total. The largest absolute Gasteiger partial charge is 0.338 e. The molecule has 1 aromatic heterocycles. The molecular weight excluding hydrogens is 278 g/mol. The highest BCUT2D eigenvalue weighted by molar-refractivity contribution is 7.20. The van der Waals surface area contributed by atoms with Crippen molar-refractivity contribution in [1.29, 1.82) is 0 Å². The Morgan fingerprint density at radius 1 is 0.952 bits per heavy atom. The van der Waals surface area contributed by atoms with Gasteiger partial charge in [0.05, 0.1) is 4.88 Å². The molecule has 1 fully saturated rings. The third-order valence-corrected chi connectivity index (χ3v) is 5.08. The van der Waals surface area contributed by atoms with Crippen molar-refractivity contribution in [3.63, 3.8) is 0 Å². The summed E-state index contributed by atoms with van der Waals surface area (Å²) < 4.78 is 1.18. The Morgan fingerprint density at radius 3 is 2.48 bits per heavy atom. The van der Waals surface area contributed by atoms with E-state index in [0.717, 1.165) is 29.8 Å². The Balaban J connectivity index is 1.73. The van der Waals surface area contributed by atoms with Crippen molar-refractivity contribution in [3.05, 3.63) is 59.5 Å². The van der Waals surface area contributed by atoms with Crippen molar-refractivity contribution in [2.24, 2.45) is 0 Å². The molecule has 3 heteroatoms. The number of nitrogens with zero attached hydrogens (tertiary/aromatic N) is 1. The Kier molecular flexibility index (Phi) is 3.00. The molecule has 0 saturated carbocycles. The number of likely N-dealkylation sites (tertiary alicyclic amines) is 1. The second kappa shape index (κ2) is 5.01. The summed E-state index contributed by atoms with van der Waals surface area (Å²) in [6.45, 7) is 1.81. The van der Waals surface area contributed by atoms with Crippen molar-refractivity contribution in [2.75, 3.05) is 13.1 Å². The molecule has 3 aromatic rings. The van der Waals surface area contributed by atoms with Gasteiger partial charge in [0.2, 0.25) is 0 Å². The summed E-state index contributed by atoms with van der Waals surface area (Å²) in [5.41, 5.74) is 2.41. The van der Waals surface area contributed by atoms with E-state index < -0.39 is 0 Å². The van der Waals surface area contributed by atoms with Gasteiger partial charge in [-0.1, -0.05) is 36.4 Å². The van der Waals surface area contributed by atoms with Crippen LogP contribution in [0.5, 0.6) is 0 Å². The molecular formula is C18H15NOS. The van der Waals surface area contributed by atoms with Crippen molar-refractivity contribution >= 4 is 27.3 Å². The summed E-state index contributed by atoms with van der Waals surface area (Å²) >= 11 is 1.60. The van der Waals surface area contributed by atoms with Gasteiger partial charge in [-0.3, -0.25) is 4.79 Å². The van der Waals surface area contributed by atoms with E-state index in [2.05, 4.69) is 30.3 Å². The van der Waals surface area contributed by atoms with Crippen LogP contribution in [0.2, 0.25) is 0 Å². The highest BCUT2D eigenvalue weighted by atomic mass is 32.1. The summed E-state index contributed by atoms with van der Waals surface area (Å²) in [4.78, 5) is 15.1. The third-order valence-electron chi connectivity index (χ3n) is 3.98. The van der Waals surface area contributed by atoms with Crippen LogP contribution in [0, 0.1) is 0 Å². The first kappa shape index (κ1) is 12.6. The molecule has 1 saturated heterocycles. The van der Waals surface area contributed by atoms with Gasteiger partial charge in [-0.15, -0.1) is 11.3 Å². The zero-order valence-electron chi connectivity index (χ0n) is 11.6. The standard InChI is InChI=1S/C18H15NOS/c20-18(19-9-4-10-19)17-12-15-11-14(7-8-16(15)21-17)13-5-2-1-3-6-13/h1-3,5-8,11-12H,4,9-10H2.